The summed E-state index contributed by atoms with van der Waals surface area (Å²) in [4.78, 5) is 11.0. The first kappa shape index (κ1) is 9.48. The number of esters is 1. The van der Waals surface area contributed by atoms with Crippen LogP contribution in [0.15, 0.2) is 0 Å². The lowest BCUT2D eigenvalue weighted by Crippen LogP contribution is -2.21. The molecule has 1 rings (SSSR count). The first-order chi connectivity index (χ1) is 5.83. The van der Waals surface area contributed by atoms with E-state index >= 15 is 0 Å². The number of nitrogens with one attached hydrogen (secondary N) is 1. The average molecular weight is 173 g/mol. The van der Waals surface area contributed by atoms with E-state index in [1.807, 2.05) is 7.05 Å². The number of hydrogen-bond donors (Lipinski definition) is 1. The molecule has 0 radical (unpaired) electrons. The van der Waals surface area contributed by atoms with Gasteiger partial charge in [0.25, 0.3) is 0 Å². The molecule has 1 N–H and O–H groups in total. The summed E-state index contributed by atoms with van der Waals surface area (Å²) >= 11 is 0. The van der Waals surface area contributed by atoms with Gasteiger partial charge in [-0.2, -0.15) is 0 Å². The Kier molecular flexibility index (Phi) is 4.04. The van der Waals surface area contributed by atoms with Crippen LogP contribution in [0.3, 0.4) is 0 Å². The molecule has 1 fully saturated rings. The Morgan fingerprint density at radius 1 is 1.75 bits per heavy atom. The van der Waals surface area contributed by atoms with Crippen molar-refractivity contribution in [3.8, 4) is 0 Å². The summed E-state index contributed by atoms with van der Waals surface area (Å²) < 4.78 is 10.2. The smallest absolute Gasteiger partial charge is 0.307 e. The number of carbonyl (C=O) groups is 1. The molecule has 0 saturated carbocycles. The number of rotatable bonds is 4. The van der Waals surface area contributed by atoms with E-state index in [1.165, 1.54) is 0 Å². The molecule has 1 aliphatic heterocycles. The van der Waals surface area contributed by atoms with Gasteiger partial charge in [0, 0.05) is 13.0 Å². The molecule has 4 heteroatoms. The van der Waals surface area contributed by atoms with E-state index < -0.39 is 0 Å². The highest BCUT2D eigenvalue weighted by atomic mass is 16.6. The van der Waals surface area contributed by atoms with Crippen molar-refractivity contribution >= 4 is 5.97 Å². The van der Waals surface area contributed by atoms with Gasteiger partial charge in [0.05, 0.1) is 19.6 Å². The van der Waals surface area contributed by atoms with E-state index in [0.29, 0.717) is 26.2 Å². The quantitative estimate of drug-likeness (QED) is 0.604. The number of carbonyl (C=O) groups excluding carboxylic acids is 1. The summed E-state index contributed by atoms with van der Waals surface area (Å²) in [6.07, 6.45) is 1.27. The molecule has 0 bridgehead atoms. The Labute approximate surface area is 72.2 Å². The lowest BCUT2D eigenvalue weighted by Gasteiger charge is -2.09. The standard InChI is InChI=1S/C8H15NO3/c1-9-4-2-8(10)12-7-3-5-11-6-7/h7,9H,2-6H2,1H3. The van der Waals surface area contributed by atoms with Crippen molar-refractivity contribution < 1.29 is 14.3 Å². The zero-order chi connectivity index (χ0) is 8.81. The van der Waals surface area contributed by atoms with Crippen LogP contribution in [0, 0.1) is 0 Å². The Hall–Kier alpha value is -0.610. The Morgan fingerprint density at radius 2 is 2.58 bits per heavy atom. The van der Waals surface area contributed by atoms with Crippen molar-refractivity contribution in [1.29, 1.82) is 0 Å². The van der Waals surface area contributed by atoms with Gasteiger partial charge in [-0.1, -0.05) is 0 Å². The summed E-state index contributed by atoms with van der Waals surface area (Å²) in [7, 11) is 1.81. The van der Waals surface area contributed by atoms with Crippen LogP contribution in [0.1, 0.15) is 12.8 Å². The topological polar surface area (TPSA) is 47.6 Å². The molecule has 0 amide bonds. The van der Waals surface area contributed by atoms with E-state index in [2.05, 4.69) is 5.32 Å². The van der Waals surface area contributed by atoms with Crippen LogP contribution in [0.25, 0.3) is 0 Å². The molecule has 70 valence electrons. The maximum Gasteiger partial charge on any atom is 0.307 e. The van der Waals surface area contributed by atoms with Gasteiger partial charge in [0.15, 0.2) is 0 Å². The van der Waals surface area contributed by atoms with Gasteiger partial charge >= 0.3 is 5.97 Å². The zero-order valence-corrected chi connectivity index (χ0v) is 7.34. The minimum atomic E-state index is -0.139. The lowest BCUT2D eigenvalue weighted by molar-refractivity contribution is -0.148. The molecule has 1 aliphatic rings. The molecule has 1 saturated heterocycles. The van der Waals surface area contributed by atoms with Gasteiger partial charge in [0.1, 0.15) is 6.10 Å². The van der Waals surface area contributed by atoms with Gasteiger partial charge in [-0.3, -0.25) is 4.79 Å². The number of hydrogen-bond acceptors (Lipinski definition) is 4. The summed E-state index contributed by atoms with van der Waals surface area (Å²) in [5.41, 5.74) is 0. The van der Waals surface area contributed by atoms with Gasteiger partial charge in [0.2, 0.25) is 0 Å². The van der Waals surface area contributed by atoms with Crippen LogP contribution in [-0.2, 0) is 14.3 Å². The van der Waals surface area contributed by atoms with E-state index in [9.17, 15) is 4.79 Å². The molecule has 0 aromatic heterocycles. The zero-order valence-electron chi connectivity index (χ0n) is 7.34. The highest BCUT2D eigenvalue weighted by molar-refractivity contribution is 5.69. The third kappa shape index (κ3) is 3.19. The molecular weight excluding hydrogens is 158 g/mol. The summed E-state index contributed by atoms with van der Waals surface area (Å²) in [6, 6.07) is 0. The van der Waals surface area contributed by atoms with Crippen LogP contribution in [0.4, 0.5) is 0 Å². The van der Waals surface area contributed by atoms with Crippen LogP contribution >= 0.6 is 0 Å². The second-order valence-corrected chi connectivity index (χ2v) is 2.83. The second kappa shape index (κ2) is 5.11. The molecule has 1 unspecified atom stereocenters. The minimum absolute atomic E-state index is 0.00523. The predicted molar refractivity (Wildman–Crippen MR) is 43.9 cm³/mol. The lowest BCUT2D eigenvalue weighted by atomic mass is 10.3. The monoisotopic (exact) mass is 173 g/mol. The fraction of sp³-hybridized carbons (Fsp3) is 0.875. The largest absolute Gasteiger partial charge is 0.460 e. The minimum Gasteiger partial charge on any atom is -0.460 e. The van der Waals surface area contributed by atoms with Crippen LogP contribution in [0.2, 0.25) is 0 Å². The fourth-order valence-electron chi connectivity index (χ4n) is 1.08. The predicted octanol–water partition coefficient (Wildman–Crippen LogP) is -0.0720. The maximum atomic E-state index is 11.0. The molecule has 0 aromatic carbocycles. The van der Waals surface area contributed by atoms with Gasteiger partial charge in [-0.15, -0.1) is 0 Å². The molecule has 0 aromatic rings. The molecule has 1 atom stereocenters. The molecule has 1 heterocycles. The fourth-order valence-corrected chi connectivity index (χ4v) is 1.08. The van der Waals surface area contributed by atoms with Crippen LogP contribution < -0.4 is 5.32 Å². The Balaban J connectivity index is 2.08. The van der Waals surface area contributed by atoms with E-state index in [4.69, 9.17) is 9.47 Å². The van der Waals surface area contributed by atoms with Gasteiger partial charge in [-0.05, 0) is 7.05 Å². The SMILES string of the molecule is CNCCC(=O)OC1CCOC1. The van der Waals surface area contributed by atoms with Crippen molar-refractivity contribution in [1.82, 2.24) is 5.32 Å². The van der Waals surface area contributed by atoms with Crippen molar-refractivity contribution in [3.05, 3.63) is 0 Å². The second-order valence-electron chi connectivity index (χ2n) is 2.83. The third-order valence-electron chi connectivity index (χ3n) is 1.77. The highest BCUT2D eigenvalue weighted by Crippen LogP contribution is 2.08. The molecule has 0 aliphatic carbocycles. The summed E-state index contributed by atoms with van der Waals surface area (Å²) in [5, 5.41) is 2.89. The van der Waals surface area contributed by atoms with Crippen LogP contribution in [0.5, 0.6) is 0 Å². The first-order valence-corrected chi connectivity index (χ1v) is 4.24. The number of ether oxygens (including phenoxy) is 2. The molecule has 12 heavy (non-hydrogen) atoms. The highest BCUT2D eigenvalue weighted by Gasteiger charge is 2.19. The average Bonchev–Trinajstić information content (AvgIpc) is 2.53. The van der Waals surface area contributed by atoms with Crippen LogP contribution in [-0.4, -0.2) is 38.9 Å². The third-order valence-corrected chi connectivity index (χ3v) is 1.77. The van der Waals surface area contributed by atoms with Crippen molar-refractivity contribution in [2.24, 2.45) is 0 Å². The summed E-state index contributed by atoms with van der Waals surface area (Å²) in [5.74, 6) is -0.139. The molecule has 0 spiro atoms. The van der Waals surface area contributed by atoms with E-state index in [-0.39, 0.29) is 12.1 Å². The van der Waals surface area contributed by atoms with Crippen molar-refractivity contribution in [2.45, 2.75) is 18.9 Å². The summed E-state index contributed by atoms with van der Waals surface area (Å²) in [6.45, 7) is 1.95. The van der Waals surface area contributed by atoms with Crippen molar-refractivity contribution in [3.63, 3.8) is 0 Å². The van der Waals surface area contributed by atoms with Gasteiger partial charge in [-0.25, -0.2) is 0 Å². The molecular formula is C8H15NO3. The van der Waals surface area contributed by atoms with E-state index in [0.717, 1.165) is 6.42 Å². The van der Waals surface area contributed by atoms with Gasteiger partial charge < -0.3 is 14.8 Å². The Bertz CT molecular complexity index is 143. The maximum absolute atomic E-state index is 11.0. The molecule has 4 nitrogen and oxygen atoms in total. The van der Waals surface area contributed by atoms with Crippen molar-refractivity contribution in [2.75, 3.05) is 26.8 Å². The van der Waals surface area contributed by atoms with E-state index in [1.54, 1.807) is 0 Å². The normalized spacial score (nSPS) is 22.6. The first-order valence-electron chi connectivity index (χ1n) is 4.24. The Morgan fingerprint density at radius 3 is 3.17 bits per heavy atom.